The summed E-state index contributed by atoms with van der Waals surface area (Å²) < 4.78 is 16.0. The van der Waals surface area contributed by atoms with Gasteiger partial charge in [-0.25, -0.2) is 4.79 Å². The minimum Gasteiger partial charge on any atom is -0.497 e. The molecule has 4 nitrogen and oxygen atoms in total. The molecule has 0 atom stereocenters. The lowest BCUT2D eigenvalue weighted by Crippen LogP contribution is -2.12. The number of carbonyl (C=O) groups excluding carboxylic acids is 1. The summed E-state index contributed by atoms with van der Waals surface area (Å²) in [5.74, 6) is 1.57. The fourth-order valence-corrected chi connectivity index (χ4v) is 3.18. The van der Waals surface area contributed by atoms with Gasteiger partial charge in [0, 0.05) is 11.6 Å². The minimum absolute atomic E-state index is 0.294. The van der Waals surface area contributed by atoms with Gasteiger partial charge in [0.25, 0.3) is 0 Å². The minimum atomic E-state index is -0.294. The van der Waals surface area contributed by atoms with Crippen molar-refractivity contribution in [3.63, 3.8) is 0 Å². The summed E-state index contributed by atoms with van der Waals surface area (Å²) in [6.45, 7) is 2.20. The van der Waals surface area contributed by atoms with Crippen molar-refractivity contribution in [3.8, 4) is 11.5 Å². The zero-order chi connectivity index (χ0) is 16.7. The van der Waals surface area contributed by atoms with Crippen LogP contribution in [0, 0.1) is 5.92 Å². The highest BCUT2D eigenvalue weighted by Gasteiger charge is 2.23. The molecule has 23 heavy (non-hydrogen) atoms. The third-order valence-corrected chi connectivity index (χ3v) is 4.32. The van der Waals surface area contributed by atoms with Gasteiger partial charge in [-0.15, -0.1) is 0 Å². The average molecular weight is 318 g/mol. The van der Waals surface area contributed by atoms with E-state index in [1.807, 2.05) is 25.1 Å². The van der Waals surface area contributed by atoms with Crippen LogP contribution >= 0.6 is 0 Å². The lowest BCUT2D eigenvalue weighted by molar-refractivity contribution is -0.137. The summed E-state index contributed by atoms with van der Waals surface area (Å²) in [6, 6.07) is 5.69. The molecule has 1 fully saturated rings. The van der Waals surface area contributed by atoms with Crippen LogP contribution in [-0.2, 0) is 9.53 Å². The molecule has 1 aromatic carbocycles. The van der Waals surface area contributed by atoms with Crippen LogP contribution in [0.3, 0.4) is 0 Å². The van der Waals surface area contributed by atoms with Crippen molar-refractivity contribution in [1.29, 1.82) is 0 Å². The zero-order valence-electron chi connectivity index (χ0n) is 14.3. The van der Waals surface area contributed by atoms with Crippen molar-refractivity contribution in [2.75, 3.05) is 20.8 Å². The van der Waals surface area contributed by atoms with Gasteiger partial charge in [-0.2, -0.15) is 0 Å². The number of ether oxygens (including phenoxy) is 3. The second kappa shape index (κ2) is 8.61. The topological polar surface area (TPSA) is 44.8 Å². The maximum absolute atomic E-state index is 12.1. The van der Waals surface area contributed by atoms with Gasteiger partial charge in [0.2, 0.25) is 0 Å². The maximum Gasteiger partial charge on any atom is 0.331 e. The van der Waals surface area contributed by atoms with E-state index in [4.69, 9.17) is 14.2 Å². The lowest BCUT2D eigenvalue weighted by atomic mass is 9.80. The number of allylic oxidation sites excluding steroid dienone is 1. The fourth-order valence-electron chi connectivity index (χ4n) is 3.18. The predicted octanol–water partition coefficient (Wildman–Crippen LogP) is 4.23. The number of benzene rings is 1. The van der Waals surface area contributed by atoms with Crippen LogP contribution < -0.4 is 9.47 Å². The van der Waals surface area contributed by atoms with Crippen LogP contribution in [0.1, 0.15) is 44.6 Å². The molecule has 1 aliphatic carbocycles. The molecule has 0 saturated heterocycles. The molecule has 0 heterocycles. The second-order valence-electron chi connectivity index (χ2n) is 5.75. The van der Waals surface area contributed by atoms with Crippen LogP contribution in [0.15, 0.2) is 24.3 Å². The second-order valence-corrected chi connectivity index (χ2v) is 5.75. The van der Waals surface area contributed by atoms with Gasteiger partial charge in [0.15, 0.2) is 0 Å². The van der Waals surface area contributed by atoms with E-state index in [2.05, 4.69) is 0 Å². The van der Waals surface area contributed by atoms with Crippen molar-refractivity contribution in [2.45, 2.75) is 39.0 Å². The molecule has 1 saturated carbocycles. The fraction of sp³-hybridized carbons (Fsp3) is 0.526. The molecule has 0 aromatic heterocycles. The molecule has 0 amide bonds. The van der Waals surface area contributed by atoms with Crippen LogP contribution in [0.2, 0.25) is 0 Å². The number of rotatable bonds is 6. The van der Waals surface area contributed by atoms with Crippen molar-refractivity contribution < 1.29 is 19.0 Å². The molecule has 126 valence electrons. The van der Waals surface area contributed by atoms with Gasteiger partial charge in [0.1, 0.15) is 11.5 Å². The van der Waals surface area contributed by atoms with E-state index >= 15 is 0 Å². The van der Waals surface area contributed by atoms with Crippen molar-refractivity contribution in [1.82, 2.24) is 0 Å². The first-order chi connectivity index (χ1) is 11.2. The normalized spacial score (nSPS) is 16.0. The Morgan fingerprint density at radius 2 is 1.91 bits per heavy atom. The molecule has 0 bridgehead atoms. The van der Waals surface area contributed by atoms with Gasteiger partial charge in [-0.05, 0) is 49.5 Å². The molecule has 0 aliphatic heterocycles. The van der Waals surface area contributed by atoms with Crippen LogP contribution in [0.4, 0.5) is 0 Å². The van der Waals surface area contributed by atoms with Gasteiger partial charge in [-0.1, -0.05) is 19.3 Å². The predicted molar refractivity (Wildman–Crippen MR) is 90.7 cm³/mol. The number of methoxy groups -OCH3 is 2. The van der Waals surface area contributed by atoms with Gasteiger partial charge in [-0.3, -0.25) is 0 Å². The van der Waals surface area contributed by atoms with Crippen LogP contribution in [-0.4, -0.2) is 26.8 Å². The first kappa shape index (κ1) is 17.4. The Bertz CT molecular complexity index is 556. The van der Waals surface area contributed by atoms with Crippen molar-refractivity contribution in [3.05, 3.63) is 29.8 Å². The van der Waals surface area contributed by atoms with Crippen LogP contribution in [0.5, 0.6) is 11.5 Å². The quantitative estimate of drug-likeness (QED) is 0.581. The van der Waals surface area contributed by atoms with E-state index in [1.54, 1.807) is 20.3 Å². The SMILES string of the molecule is CCOC(=O)/C=C(/c1cc(OC)ccc1OC)C1CCCCC1. The largest absolute Gasteiger partial charge is 0.497 e. The molecular formula is C19H26O4. The number of hydrogen-bond donors (Lipinski definition) is 0. The Hall–Kier alpha value is -1.97. The number of esters is 1. The maximum atomic E-state index is 12.1. The number of hydrogen-bond acceptors (Lipinski definition) is 4. The summed E-state index contributed by atoms with van der Waals surface area (Å²) in [4.78, 5) is 12.1. The summed E-state index contributed by atoms with van der Waals surface area (Å²) in [5.41, 5.74) is 1.92. The van der Waals surface area contributed by atoms with Crippen molar-refractivity contribution >= 4 is 11.5 Å². The molecular weight excluding hydrogens is 292 g/mol. The zero-order valence-corrected chi connectivity index (χ0v) is 14.3. The first-order valence-electron chi connectivity index (χ1n) is 8.30. The molecule has 1 aromatic rings. The summed E-state index contributed by atoms with van der Waals surface area (Å²) in [6.07, 6.45) is 7.46. The highest BCUT2D eigenvalue weighted by molar-refractivity contribution is 5.93. The van der Waals surface area contributed by atoms with Gasteiger partial charge >= 0.3 is 5.97 Å². The van der Waals surface area contributed by atoms with Gasteiger partial charge < -0.3 is 14.2 Å². The molecule has 1 aliphatic rings. The molecule has 4 heteroatoms. The third-order valence-electron chi connectivity index (χ3n) is 4.32. The Balaban J connectivity index is 2.45. The Labute approximate surface area is 138 Å². The van der Waals surface area contributed by atoms with E-state index in [-0.39, 0.29) is 5.97 Å². The molecule has 2 rings (SSSR count). The van der Waals surface area contributed by atoms with Gasteiger partial charge in [0.05, 0.1) is 20.8 Å². The first-order valence-corrected chi connectivity index (χ1v) is 8.30. The lowest BCUT2D eigenvalue weighted by Gasteiger charge is -2.26. The van der Waals surface area contributed by atoms with Crippen LogP contribution in [0.25, 0.3) is 5.57 Å². The van der Waals surface area contributed by atoms with E-state index in [0.29, 0.717) is 12.5 Å². The molecule has 0 unspecified atom stereocenters. The van der Waals surface area contributed by atoms with E-state index in [1.165, 1.54) is 19.3 Å². The monoisotopic (exact) mass is 318 g/mol. The average Bonchev–Trinajstić information content (AvgIpc) is 2.60. The number of carbonyl (C=O) groups is 1. The molecule has 0 spiro atoms. The standard InChI is InChI=1S/C19H26O4/c1-4-23-19(20)13-16(14-8-6-5-7-9-14)17-12-15(21-2)10-11-18(17)22-3/h10-14H,4-9H2,1-3H3/b16-13+. The summed E-state index contributed by atoms with van der Waals surface area (Å²) in [5, 5.41) is 0. The van der Waals surface area contributed by atoms with E-state index < -0.39 is 0 Å². The summed E-state index contributed by atoms with van der Waals surface area (Å²) in [7, 11) is 3.29. The Morgan fingerprint density at radius 1 is 1.17 bits per heavy atom. The smallest absolute Gasteiger partial charge is 0.331 e. The third kappa shape index (κ3) is 4.50. The Kier molecular flexibility index (Phi) is 6.51. The molecule has 0 radical (unpaired) electrons. The summed E-state index contributed by atoms with van der Waals surface area (Å²) >= 11 is 0. The molecule has 0 N–H and O–H groups in total. The Morgan fingerprint density at radius 3 is 2.52 bits per heavy atom. The van der Waals surface area contributed by atoms with E-state index in [9.17, 15) is 4.79 Å². The highest BCUT2D eigenvalue weighted by atomic mass is 16.5. The van der Waals surface area contributed by atoms with E-state index in [0.717, 1.165) is 35.5 Å². The van der Waals surface area contributed by atoms with Crippen molar-refractivity contribution in [2.24, 2.45) is 5.92 Å². The highest BCUT2D eigenvalue weighted by Crippen LogP contribution is 2.40.